The van der Waals surface area contributed by atoms with Crippen molar-refractivity contribution in [2.75, 3.05) is 6.61 Å². The van der Waals surface area contributed by atoms with E-state index in [-0.39, 0.29) is 11.4 Å². The molecule has 0 fully saturated rings. The highest BCUT2D eigenvalue weighted by atomic mass is 32.2. The zero-order chi connectivity index (χ0) is 16.4. The molecular formula is C13H15N5O3S2. The minimum Gasteiger partial charge on any atom is -0.494 e. The van der Waals surface area contributed by atoms with Crippen LogP contribution in [0.2, 0.25) is 0 Å². The highest BCUT2D eigenvalue weighted by molar-refractivity contribution is 7.89. The molecule has 3 rings (SSSR count). The van der Waals surface area contributed by atoms with Crippen LogP contribution in [-0.4, -0.2) is 34.8 Å². The van der Waals surface area contributed by atoms with Crippen molar-refractivity contribution in [2.24, 2.45) is 0 Å². The van der Waals surface area contributed by atoms with Gasteiger partial charge < -0.3 is 4.74 Å². The van der Waals surface area contributed by atoms with Gasteiger partial charge in [-0.2, -0.15) is 9.61 Å². The lowest BCUT2D eigenvalue weighted by atomic mass is 10.3. The minimum atomic E-state index is -3.60. The first-order valence-corrected chi connectivity index (χ1v) is 9.20. The number of ether oxygens (including phenoxy) is 1. The number of nitrogens with zero attached hydrogens (tertiary/aromatic N) is 4. The summed E-state index contributed by atoms with van der Waals surface area (Å²) in [7, 11) is -3.60. The number of fused-ring (bicyclic) bond motifs is 1. The molecule has 0 aliphatic carbocycles. The van der Waals surface area contributed by atoms with Crippen LogP contribution in [-0.2, 0) is 16.6 Å². The Bertz CT molecular complexity index is 915. The first kappa shape index (κ1) is 15.8. The molecule has 0 saturated carbocycles. The fourth-order valence-corrected chi connectivity index (χ4v) is 3.85. The van der Waals surface area contributed by atoms with Gasteiger partial charge in [0.2, 0.25) is 15.0 Å². The van der Waals surface area contributed by atoms with E-state index in [4.69, 9.17) is 4.74 Å². The van der Waals surface area contributed by atoms with Gasteiger partial charge in [0.05, 0.1) is 18.0 Å². The van der Waals surface area contributed by atoms with Crippen molar-refractivity contribution < 1.29 is 13.2 Å². The normalized spacial score (nSPS) is 11.9. The van der Waals surface area contributed by atoms with E-state index < -0.39 is 10.0 Å². The van der Waals surface area contributed by atoms with Crippen LogP contribution in [0.1, 0.15) is 17.8 Å². The molecule has 1 N–H and O–H groups in total. The molecule has 0 radical (unpaired) electrons. The lowest BCUT2D eigenvalue weighted by Gasteiger charge is -2.07. The van der Waals surface area contributed by atoms with Gasteiger partial charge in [-0.25, -0.2) is 13.1 Å². The van der Waals surface area contributed by atoms with E-state index in [1.54, 1.807) is 23.6 Å². The van der Waals surface area contributed by atoms with Gasteiger partial charge in [0.1, 0.15) is 10.8 Å². The molecule has 0 unspecified atom stereocenters. The highest BCUT2D eigenvalue weighted by Crippen LogP contribution is 2.17. The third-order valence-electron chi connectivity index (χ3n) is 3.05. The molecule has 1 aromatic carbocycles. The Morgan fingerprint density at radius 1 is 1.26 bits per heavy atom. The molecule has 0 amide bonds. The Balaban J connectivity index is 1.72. The number of hydrogen-bond acceptors (Lipinski definition) is 7. The molecular weight excluding hydrogens is 338 g/mol. The number of aromatic nitrogens is 4. The van der Waals surface area contributed by atoms with Crippen LogP contribution in [0.5, 0.6) is 5.75 Å². The van der Waals surface area contributed by atoms with Crippen LogP contribution >= 0.6 is 11.3 Å². The number of sulfonamides is 1. The monoisotopic (exact) mass is 353 g/mol. The van der Waals surface area contributed by atoms with Crippen molar-refractivity contribution in [1.82, 2.24) is 24.5 Å². The first-order chi connectivity index (χ1) is 11.0. The van der Waals surface area contributed by atoms with E-state index >= 15 is 0 Å². The van der Waals surface area contributed by atoms with E-state index in [0.717, 1.165) is 0 Å². The molecule has 10 heteroatoms. The van der Waals surface area contributed by atoms with E-state index in [2.05, 4.69) is 20.0 Å². The van der Waals surface area contributed by atoms with E-state index in [1.165, 1.54) is 23.5 Å². The second-order valence-electron chi connectivity index (χ2n) is 4.67. The van der Waals surface area contributed by atoms with Gasteiger partial charge in [-0.1, -0.05) is 11.3 Å². The predicted octanol–water partition coefficient (Wildman–Crippen LogP) is 1.37. The molecule has 3 aromatic rings. The van der Waals surface area contributed by atoms with Gasteiger partial charge in [-0.15, -0.1) is 10.2 Å². The maximum atomic E-state index is 12.3. The van der Waals surface area contributed by atoms with E-state index in [9.17, 15) is 8.42 Å². The maximum absolute atomic E-state index is 12.3. The van der Waals surface area contributed by atoms with Gasteiger partial charge in [-0.3, -0.25) is 0 Å². The van der Waals surface area contributed by atoms with Gasteiger partial charge in [0.15, 0.2) is 5.82 Å². The summed E-state index contributed by atoms with van der Waals surface area (Å²) in [6.45, 7) is 4.29. The predicted molar refractivity (Wildman–Crippen MR) is 85.0 cm³/mol. The molecule has 0 spiro atoms. The van der Waals surface area contributed by atoms with Crippen LogP contribution in [0.3, 0.4) is 0 Å². The van der Waals surface area contributed by atoms with Gasteiger partial charge in [0.25, 0.3) is 0 Å². The molecule has 0 saturated heterocycles. The topological polar surface area (TPSA) is 98.5 Å². The number of nitrogens with one attached hydrogen (secondary N) is 1. The fourth-order valence-electron chi connectivity index (χ4n) is 1.95. The highest BCUT2D eigenvalue weighted by Gasteiger charge is 2.16. The van der Waals surface area contributed by atoms with Gasteiger partial charge in [-0.05, 0) is 38.1 Å². The van der Waals surface area contributed by atoms with E-state index in [0.29, 0.717) is 28.1 Å². The van der Waals surface area contributed by atoms with Crippen LogP contribution in [0.25, 0.3) is 4.96 Å². The molecule has 8 nitrogen and oxygen atoms in total. The third kappa shape index (κ3) is 3.33. The molecule has 0 aliphatic rings. The summed E-state index contributed by atoms with van der Waals surface area (Å²) < 4.78 is 34.0. The lowest BCUT2D eigenvalue weighted by molar-refractivity contribution is 0.340. The Labute approximate surface area is 137 Å². The average molecular weight is 353 g/mol. The number of benzene rings is 1. The van der Waals surface area contributed by atoms with Crippen LogP contribution in [0, 0.1) is 6.92 Å². The molecule has 23 heavy (non-hydrogen) atoms. The van der Waals surface area contributed by atoms with Crippen LogP contribution in [0.4, 0.5) is 0 Å². The largest absolute Gasteiger partial charge is 0.494 e. The summed E-state index contributed by atoms with van der Waals surface area (Å²) in [6, 6.07) is 6.28. The number of aryl methyl sites for hydroxylation is 1. The average Bonchev–Trinajstić information content (AvgIpc) is 3.08. The number of rotatable bonds is 6. The van der Waals surface area contributed by atoms with Gasteiger partial charge >= 0.3 is 0 Å². The van der Waals surface area contributed by atoms with Crippen LogP contribution in [0.15, 0.2) is 29.2 Å². The second kappa shape index (κ2) is 6.22. The summed E-state index contributed by atoms with van der Waals surface area (Å²) in [6.07, 6.45) is 0. The summed E-state index contributed by atoms with van der Waals surface area (Å²) in [5.74, 6) is 1.30. The number of hydrogen-bond donors (Lipinski definition) is 1. The molecule has 2 heterocycles. The molecule has 0 aliphatic heterocycles. The summed E-state index contributed by atoms with van der Waals surface area (Å²) in [5.41, 5.74) is 0. The van der Waals surface area contributed by atoms with Crippen molar-refractivity contribution in [2.45, 2.75) is 25.3 Å². The minimum absolute atomic E-state index is 0.100. The summed E-state index contributed by atoms with van der Waals surface area (Å²) in [4.78, 5) is 0.817. The first-order valence-electron chi connectivity index (χ1n) is 6.90. The quantitative estimate of drug-likeness (QED) is 0.719. The zero-order valence-corrected chi connectivity index (χ0v) is 14.2. The Kier molecular flexibility index (Phi) is 4.28. The zero-order valence-electron chi connectivity index (χ0n) is 12.6. The van der Waals surface area contributed by atoms with Crippen molar-refractivity contribution in [3.63, 3.8) is 0 Å². The lowest BCUT2D eigenvalue weighted by Crippen LogP contribution is -2.23. The van der Waals surface area contributed by atoms with Crippen molar-refractivity contribution in [3.05, 3.63) is 35.1 Å². The summed E-state index contributed by atoms with van der Waals surface area (Å²) in [5, 5.41) is 12.7. The third-order valence-corrected chi connectivity index (χ3v) is 5.36. The Hall–Kier alpha value is -2.04. The summed E-state index contributed by atoms with van der Waals surface area (Å²) >= 11 is 1.29. The standard InChI is InChI=1S/C13H15N5O3S2/c1-3-21-10-4-6-11(7-5-10)23(19,20)14-8-12-17-18-9(2)15-16-13(18)22-12/h4-7,14H,3,8H2,1-2H3. The van der Waals surface area contributed by atoms with Crippen molar-refractivity contribution in [1.29, 1.82) is 0 Å². The SMILES string of the molecule is CCOc1ccc(S(=O)(=O)NCc2nn3c(C)nnc3s2)cc1. The smallest absolute Gasteiger partial charge is 0.240 e. The second-order valence-corrected chi connectivity index (χ2v) is 7.47. The fraction of sp³-hybridized carbons (Fsp3) is 0.308. The molecule has 0 atom stereocenters. The van der Waals surface area contributed by atoms with Gasteiger partial charge in [0, 0.05) is 0 Å². The van der Waals surface area contributed by atoms with Crippen molar-refractivity contribution in [3.8, 4) is 5.75 Å². The Morgan fingerprint density at radius 3 is 2.65 bits per heavy atom. The van der Waals surface area contributed by atoms with Crippen molar-refractivity contribution >= 4 is 26.3 Å². The molecule has 122 valence electrons. The molecule has 2 aromatic heterocycles. The molecule has 0 bridgehead atoms. The van der Waals surface area contributed by atoms with E-state index in [1.807, 2.05) is 6.92 Å². The van der Waals surface area contributed by atoms with Crippen LogP contribution < -0.4 is 9.46 Å². The maximum Gasteiger partial charge on any atom is 0.240 e. The Morgan fingerprint density at radius 2 is 2.00 bits per heavy atom.